The standard InChI is InChI=1S/C9H7BrF3N3O2.C8H6BrClF3N3O2.C5H3BrF3N3O.C5H11ClO3.C2H3N/c1-15-4(18-2)3-16-7(17)5(10)6(9(11,12)13)14-8(15)16;1-18-3(2-10)14-7-15-5(8(11,12)13)4(9)6(17)16-7;6-1-2(5(7,8)9)11-4(10)12-3(1)13;1-7-5(4-6,8-2)9-3;1-2-3/h3H,1-2H3;2H2,1H3,(H,15,16,17);(H3,10,11,12,13);4H2,1-3H3;1H3. The van der Waals surface area contributed by atoms with Crippen LogP contribution in [0.25, 0.3) is 5.78 Å². The van der Waals surface area contributed by atoms with Crippen LogP contribution in [0.15, 0.2) is 39.0 Å². The van der Waals surface area contributed by atoms with Crippen molar-refractivity contribution in [3.05, 3.63) is 67.8 Å². The van der Waals surface area contributed by atoms with E-state index in [0.717, 1.165) is 4.40 Å². The molecule has 0 aromatic carbocycles. The number of hydrogen-bond donors (Lipinski definition) is 3. The van der Waals surface area contributed by atoms with Crippen molar-refractivity contribution in [3.8, 4) is 11.9 Å². The second-order valence-electron chi connectivity index (χ2n) is 10.1. The van der Waals surface area contributed by atoms with E-state index in [1.165, 1.54) is 60.3 Å². The van der Waals surface area contributed by atoms with E-state index in [4.69, 9.17) is 53.1 Å². The molecule has 0 aliphatic heterocycles. The highest BCUT2D eigenvalue weighted by molar-refractivity contribution is 9.11. The Kier molecular flexibility index (Phi) is 23.0. The van der Waals surface area contributed by atoms with E-state index in [9.17, 15) is 53.9 Å². The van der Waals surface area contributed by atoms with Gasteiger partial charge in [0.1, 0.15) is 19.3 Å². The third-order valence-electron chi connectivity index (χ3n) is 6.34. The minimum absolute atomic E-state index is 0.0738. The number of aliphatic imine (C=N–C) groups is 1. The highest BCUT2D eigenvalue weighted by Gasteiger charge is 2.39. The predicted octanol–water partition coefficient (Wildman–Crippen LogP) is 6.77. The van der Waals surface area contributed by atoms with E-state index >= 15 is 0 Å². The molecule has 18 nitrogen and oxygen atoms in total. The number of alkyl halides is 11. The Hall–Kier alpha value is -3.99. The van der Waals surface area contributed by atoms with Gasteiger partial charge >= 0.3 is 18.5 Å². The largest absolute Gasteiger partial charge is 0.483 e. The Morgan fingerprint density at radius 1 is 0.820 bits per heavy atom. The number of hydrogen-bond acceptors (Lipinski definition) is 14. The summed E-state index contributed by atoms with van der Waals surface area (Å²) in [4.78, 5) is 50.9. The van der Waals surface area contributed by atoms with Crippen molar-refractivity contribution in [2.75, 3.05) is 53.0 Å². The lowest BCUT2D eigenvalue weighted by Gasteiger charge is -2.25. The predicted molar refractivity (Wildman–Crippen MR) is 210 cm³/mol. The number of rotatable bonds is 7. The number of fused-ring (bicyclic) bond motifs is 1. The van der Waals surface area contributed by atoms with E-state index in [1.807, 2.05) is 9.97 Å². The summed E-state index contributed by atoms with van der Waals surface area (Å²) in [6.07, 6.45) is -12.9. The van der Waals surface area contributed by atoms with Gasteiger partial charge < -0.3 is 29.4 Å². The summed E-state index contributed by atoms with van der Waals surface area (Å²) in [5, 5.41) is 7.32. The minimum Gasteiger partial charge on any atom is -0.483 e. The van der Waals surface area contributed by atoms with Gasteiger partial charge in [-0.1, -0.05) is 0 Å². The highest BCUT2D eigenvalue weighted by atomic mass is 79.9. The molecule has 0 spiro atoms. The normalized spacial score (nSPS) is 11.7. The van der Waals surface area contributed by atoms with E-state index in [-0.39, 0.29) is 29.3 Å². The van der Waals surface area contributed by atoms with E-state index < -0.39 is 83.6 Å². The molecule has 4 aromatic rings. The Bertz CT molecular complexity index is 2310. The number of anilines is 1. The third-order valence-corrected chi connectivity index (χ3v) is 9.08. The average molecular weight is 1130 g/mol. The summed E-state index contributed by atoms with van der Waals surface area (Å²) in [7, 11) is 8.44. The quantitative estimate of drug-likeness (QED) is 0.0570. The summed E-state index contributed by atoms with van der Waals surface area (Å²) in [6.45, 7) is 1.43. The van der Waals surface area contributed by atoms with Crippen LogP contribution in [0.3, 0.4) is 0 Å². The molecule has 0 saturated heterocycles. The molecule has 0 fully saturated rings. The second-order valence-corrected chi connectivity index (χ2v) is 13.0. The molecular weight excluding hydrogens is 1100 g/mol. The molecule has 0 bridgehead atoms. The Labute approximate surface area is 371 Å². The van der Waals surface area contributed by atoms with Gasteiger partial charge in [0, 0.05) is 35.3 Å². The first-order chi connectivity index (χ1) is 28.0. The number of nitrogen functional groups attached to an aromatic ring is 1. The molecule has 342 valence electrons. The van der Waals surface area contributed by atoms with Crippen LogP contribution in [0.4, 0.5) is 51.4 Å². The van der Waals surface area contributed by atoms with Crippen LogP contribution in [-0.4, -0.2) is 93.1 Å². The van der Waals surface area contributed by atoms with Gasteiger partial charge in [-0.05, 0) is 47.8 Å². The lowest BCUT2D eigenvalue weighted by atomic mass is 10.4. The SMILES string of the molecule is CC#N.COC(CCl)(OC)OC.COC(CCl)=Nc1nc(C(F)(F)F)c(Br)c(=O)[nH]1.COc1cn2c(=O)c(Br)c(C(F)(F)F)nc2n1C.Nc1nc(C(F)(F)F)c(Br)c(=O)[nH]1. The lowest BCUT2D eigenvalue weighted by Crippen LogP contribution is -2.37. The summed E-state index contributed by atoms with van der Waals surface area (Å²) < 4.78 is 136. The monoisotopic (exact) mass is 1120 g/mol. The van der Waals surface area contributed by atoms with Crippen LogP contribution in [-0.2, 0) is 44.5 Å². The number of nitrogens with zero attached hydrogens (tertiary/aromatic N) is 7. The molecule has 0 aliphatic rings. The van der Waals surface area contributed by atoms with Gasteiger partial charge in [-0.25, -0.2) is 19.4 Å². The fourth-order valence-electron chi connectivity index (χ4n) is 3.54. The summed E-state index contributed by atoms with van der Waals surface area (Å²) in [6, 6.07) is 1.75. The number of imidazole rings is 1. The fourth-order valence-corrected chi connectivity index (χ4v) is 5.37. The number of aryl methyl sites for hydroxylation is 1. The van der Waals surface area contributed by atoms with Crippen molar-refractivity contribution in [2.45, 2.75) is 31.4 Å². The van der Waals surface area contributed by atoms with Crippen LogP contribution < -0.4 is 27.1 Å². The van der Waals surface area contributed by atoms with Gasteiger partial charge in [0.2, 0.25) is 29.5 Å². The van der Waals surface area contributed by atoms with Gasteiger partial charge in [0.15, 0.2) is 17.1 Å². The molecule has 0 aliphatic carbocycles. The molecule has 4 N–H and O–H groups in total. The van der Waals surface area contributed by atoms with Crippen LogP contribution in [0, 0.1) is 11.3 Å². The van der Waals surface area contributed by atoms with E-state index in [0.29, 0.717) is 0 Å². The number of ether oxygens (including phenoxy) is 5. The number of aromatic nitrogens is 7. The van der Waals surface area contributed by atoms with Crippen LogP contribution >= 0.6 is 71.0 Å². The van der Waals surface area contributed by atoms with Crippen LogP contribution in [0.2, 0.25) is 0 Å². The number of halogens is 14. The lowest BCUT2D eigenvalue weighted by molar-refractivity contribution is -0.337. The molecule has 0 amide bonds. The summed E-state index contributed by atoms with van der Waals surface area (Å²) >= 11 is 18.5. The molecule has 32 heteroatoms. The van der Waals surface area contributed by atoms with Crippen molar-refractivity contribution < 1.29 is 63.2 Å². The zero-order valence-corrected chi connectivity index (χ0v) is 38.0. The number of nitrogens with one attached hydrogen (secondary N) is 2. The smallest absolute Gasteiger partial charge is 0.434 e. The maximum Gasteiger partial charge on any atom is 0.434 e. The molecular formula is C29H30Br3Cl2F9N10O8. The fraction of sp³-hybridized carbons (Fsp3) is 0.448. The number of nitrogens with two attached hydrogens (primary N) is 1. The van der Waals surface area contributed by atoms with Crippen molar-refractivity contribution in [2.24, 2.45) is 12.0 Å². The van der Waals surface area contributed by atoms with E-state index in [2.05, 4.69) is 72.5 Å². The van der Waals surface area contributed by atoms with Crippen molar-refractivity contribution in [1.82, 2.24) is 33.9 Å². The zero-order valence-electron chi connectivity index (χ0n) is 31.8. The van der Waals surface area contributed by atoms with Crippen LogP contribution in [0.5, 0.6) is 5.88 Å². The third kappa shape index (κ3) is 16.3. The van der Waals surface area contributed by atoms with Crippen molar-refractivity contribution in [3.63, 3.8) is 0 Å². The first-order valence-corrected chi connectivity index (χ1v) is 18.6. The van der Waals surface area contributed by atoms with Gasteiger partial charge in [0.25, 0.3) is 22.7 Å². The second kappa shape index (κ2) is 24.6. The van der Waals surface area contributed by atoms with Gasteiger partial charge in [-0.15, -0.1) is 23.2 Å². The first kappa shape index (κ1) is 57.0. The van der Waals surface area contributed by atoms with Gasteiger partial charge in [0.05, 0.1) is 32.4 Å². The maximum atomic E-state index is 12.7. The number of nitriles is 1. The number of aromatic amines is 2. The van der Waals surface area contributed by atoms with E-state index in [1.54, 1.807) is 6.07 Å². The Morgan fingerprint density at radius 3 is 1.61 bits per heavy atom. The van der Waals surface area contributed by atoms with Crippen molar-refractivity contribution >= 4 is 94.6 Å². The maximum absolute atomic E-state index is 12.7. The summed E-state index contributed by atoms with van der Waals surface area (Å²) in [5.41, 5.74) is -1.81. The molecule has 4 rings (SSSR count). The van der Waals surface area contributed by atoms with Gasteiger partial charge in [-0.3, -0.25) is 28.9 Å². The molecule has 0 atom stereocenters. The topological polar surface area (TPSA) is 239 Å². The van der Waals surface area contributed by atoms with Gasteiger partial charge in [-0.2, -0.15) is 49.8 Å². The molecule has 4 heterocycles. The number of methoxy groups -OCH3 is 5. The average Bonchev–Trinajstić information content (AvgIpc) is 3.50. The first-order valence-electron chi connectivity index (χ1n) is 15.1. The zero-order chi connectivity index (χ0) is 47.8. The minimum atomic E-state index is -4.77. The highest BCUT2D eigenvalue weighted by Crippen LogP contribution is 2.34. The number of H-pyrrole nitrogens is 2. The van der Waals surface area contributed by atoms with Crippen molar-refractivity contribution in [1.29, 1.82) is 5.26 Å². The molecule has 0 radical (unpaired) electrons. The van der Waals surface area contributed by atoms with Crippen LogP contribution in [0.1, 0.15) is 24.0 Å². The Balaban J connectivity index is 0.000000792. The molecule has 4 aromatic heterocycles. The summed E-state index contributed by atoms with van der Waals surface area (Å²) in [5.74, 6) is -2.18. The molecule has 0 saturated carbocycles. The molecule has 0 unspecified atom stereocenters. The molecule has 61 heavy (non-hydrogen) atoms. The Morgan fingerprint density at radius 2 is 1.25 bits per heavy atom.